The van der Waals surface area contributed by atoms with Gasteiger partial charge in [0, 0.05) is 30.7 Å². The molecule has 2 heterocycles. The quantitative estimate of drug-likeness (QED) is 0.798. The van der Waals surface area contributed by atoms with Crippen LogP contribution in [0.4, 0.5) is 0 Å². The van der Waals surface area contributed by atoms with Crippen LogP contribution in [0.2, 0.25) is 0 Å². The van der Waals surface area contributed by atoms with E-state index in [1.807, 2.05) is 30.1 Å². The highest BCUT2D eigenvalue weighted by atomic mass is 32.1. The van der Waals surface area contributed by atoms with Gasteiger partial charge in [-0.2, -0.15) is 0 Å². The van der Waals surface area contributed by atoms with Gasteiger partial charge < -0.3 is 20.5 Å². The number of nitrogens with one attached hydrogen (secondary N) is 1. The van der Waals surface area contributed by atoms with Crippen molar-refractivity contribution in [1.82, 2.24) is 19.8 Å². The Balaban J connectivity index is 1.95. The van der Waals surface area contributed by atoms with Crippen molar-refractivity contribution in [3.63, 3.8) is 0 Å². The lowest BCUT2D eigenvalue weighted by Gasteiger charge is -2.23. The van der Waals surface area contributed by atoms with Gasteiger partial charge in [-0.25, -0.2) is 4.98 Å². The van der Waals surface area contributed by atoms with E-state index in [-0.39, 0.29) is 11.9 Å². The van der Waals surface area contributed by atoms with Gasteiger partial charge in [-0.3, -0.25) is 4.79 Å². The number of carbonyl (C=O) groups is 1. The summed E-state index contributed by atoms with van der Waals surface area (Å²) in [7, 11) is 4.01. The number of hydrogen-bond donors (Lipinski definition) is 2. The van der Waals surface area contributed by atoms with Gasteiger partial charge in [-0.05, 0) is 25.5 Å². The molecule has 1 unspecified atom stereocenters. The van der Waals surface area contributed by atoms with Crippen LogP contribution < -0.4 is 11.1 Å². The van der Waals surface area contributed by atoms with Crippen molar-refractivity contribution >= 4 is 17.2 Å². The van der Waals surface area contributed by atoms with Crippen LogP contribution in [0.1, 0.15) is 21.4 Å². The zero-order valence-corrected chi connectivity index (χ0v) is 13.1. The Kier molecular flexibility index (Phi) is 5.49. The van der Waals surface area contributed by atoms with Crippen molar-refractivity contribution in [2.75, 3.05) is 27.2 Å². The highest BCUT2D eigenvalue weighted by Gasteiger charge is 2.17. The first-order chi connectivity index (χ1) is 10.1. The molecule has 1 amide bonds. The van der Waals surface area contributed by atoms with E-state index in [0.717, 1.165) is 0 Å². The summed E-state index contributed by atoms with van der Waals surface area (Å²) in [5.74, 6) is -0.158. The van der Waals surface area contributed by atoms with Crippen LogP contribution in [-0.2, 0) is 6.54 Å². The Morgan fingerprint density at radius 1 is 1.57 bits per heavy atom. The number of thiophene rings is 1. The summed E-state index contributed by atoms with van der Waals surface area (Å²) < 4.78 is 1.82. The Morgan fingerprint density at radius 3 is 3.00 bits per heavy atom. The predicted octanol–water partition coefficient (Wildman–Crippen LogP) is 0.936. The summed E-state index contributed by atoms with van der Waals surface area (Å²) in [6, 6.07) is 4.27. The molecule has 0 fully saturated rings. The maximum absolute atomic E-state index is 12.1. The molecule has 6 nitrogen and oxygen atoms in total. The standard InChI is InChI=1S/C14H21N5OS/c1-18(2)12(13-4-3-7-21-13)8-16-14(20)11-9-19(6-5-15)10-17-11/h3-4,7,9-10,12H,5-6,8,15H2,1-2H3,(H,16,20). The molecule has 0 aliphatic heterocycles. The number of amides is 1. The molecule has 1 atom stereocenters. The van der Waals surface area contributed by atoms with Crippen LogP contribution in [0.25, 0.3) is 0 Å². The predicted molar refractivity (Wildman–Crippen MR) is 84.4 cm³/mol. The molecule has 114 valence electrons. The first-order valence-electron chi connectivity index (χ1n) is 6.81. The number of rotatable bonds is 7. The lowest BCUT2D eigenvalue weighted by Crippen LogP contribution is -2.34. The summed E-state index contributed by atoms with van der Waals surface area (Å²) in [5.41, 5.74) is 5.90. The van der Waals surface area contributed by atoms with Gasteiger partial charge in [0.2, 0.25) is 0 Å². The molecule has 0 saturated heterocycles. The fraction of sp³-hybridized carbons (Fsp3) is 0.429. The van der Waals surface area contributed by atoms with Gasteiger partial charge in [-0.15, -0.1) is 11.3 Å². The number of nitrogens with zero attached hydrogens (tertiary/aromatic N) is 3. The first kappa shape index (κ1) is 15.7. The van der Waals surface area contributed by atoms with Crippen molar-refractivity contribution < 1.29 is 4.79 Å². The molecule has 0 aromatic carbocycles. The van der Waals surface area contributed by atoms with Crippen LogP contribution in [0.5, 0.6) is 0 Å². The monoisotopic (exact) mass is 307 g/mol. The molecule has 21 heavy (non-hydrogen) atoms. The van der Waals surface area contributed by atoms with Crippen molar-refractivity contribution in [1.29, 1.82) is 0 Å². The maximum Gasteiger partial charge on any atom is 0.271 e. The van der Waals surface area contributed by atoms with Crippen LogP contribution >= 0.6 is 11.3 Å². The average Bonchev–Trinajstić information content (AvgIpc) is 3.10. The minimum atomic E-state index is -0.158. The largest absolute Gasteiger partial charge is 0.349 e. The Labute approximate surface area is 128 Å². The molecule has 0 aliphatic rings. The summed E-state index contributed by atoms with van der Waals surface area (Å²) in [5, 5.41) is 4.99. The van der Waals surface area contributed by atoms with E-state index in [1.54, 1.807) is 23.9 Å². The molecular weight excluding hydrogens is 286 g/mol. The van der Waals surface area contributed by atoms with E-state index in [0.29, 0.717) is 25.3 Å². The highest BCUT2D eigenvalue weighted by Crippen LogP contribution is 2.22. The molecular formula is C14H21N5OS. The fourth-order valence-corrected chi connectivity index (χ4v) is 2.97. The third-order valence-corrected chi connectivity index (χ3v) is 4.18. The third-order valence-electron chi connectivity index (χ3n) is 3.20. The second-order valence-electron chi connectivity index (χ2n) is 4.99. The van der Waals surface area contributed by atoms with Gasteiger partial charge in [0.05, 0.1) is 12.4 Å². The van der Waals surface area contributed by atoms with Crippen LogP contribution in [0.15, 0.2) is 30.0 Å². The molecule has 2 aromatic rings. The van der Waals surface area contributed by atoms with E-state index in [4.69, 9.17) is 5.73 Å². The number of nitrogens with two attached hydrogens (primary N) is 1. The summed E-state index contributed by atoms with van der Waals surface area (Å²) in [6.07, 6.45) is 3.35. The SMILES string of the molecule is CN(C)C(CNC(=O)c1cn(CCN)cn1)c1cccs1. The van der Waals surface area contributed by atoms with Gasteiger partial charge in [0.1, 0.15) is 5.69 Å². The second kappa shape index (κ2) is 7.35. The summed E-state index contributed by atoms with van der Waals surface area (Å²) in [4.78, 5) is 19.6. The van der Waals surface area contributed by atoms with Crippen LogP contribution in [0.3, 0.4) is 0 Å². The lowest BCUT2D eigenvalue weighted by molar-refractivity contribution is 0.0937. The lowest BCUT2D eigenvalue weighted by atomic mass is 10.2. The van der Waals surface area contributed by atoms with Crippen LogP contribution in [0, 0.1) is 0 Å². The van der Waals surface area contributed by atoms with Crippen molar-refractivity contribution in [2.45, 2.75) is 12.6 Å². The minimum Gasteiger partial charge on any atom is -0.349 e. The number of aromatic nitrogens is 2. The normalized spacial score (nSPS) is 12.6. The third kappa shape index (κ3) is 4.13. The average molecular weight is 307 g/mol. The number of likely N-dealkylation sites (N-methyl/N-ethyl adjacent to an activating group) is 1. The van der Waals surface area contributed by atoms with Gasteiger partial charge in [0.25, 0.3) is 5.91 Å². The Bertz CT molecular complexity index is 564. The zero-order valence-electron chi connectivity index (χ0n) is 12.3. The van der Waals surface area contributed by atoms with Crippen LogP contribution in [-0.4, -0.2) is 47.5 Å². The smallest absolute Gasteiger partial charge is 0.271 e. The summed E-state index contributed by atoms with van der Waals surface area (Å²) >= 11 is 1.69. The molecule has 0 aliphatic carbocycles. The molecule has 0 bridgehead atoms. The topological polar surface area (TPSA) is 76.2 Å². The first-order valence-corrected chi connectivity index (χ1v) is 7.69. The van der Waals surface area contributed by atoms with Gasteiger partial charge >= 0.3 is 0 Å². The molecule has 2 aromatic heterocycles. The van der Waals surface area contributed by atoms with E-state index >= 15 is 0 Å². The van der Waals surface area contributed by atoms with Crippen molar-refractivity contribution in [2.24, 2.45) is 5.73 Å². The van der Waals surface area contributed by atoms with E-state index in [9.17, 15) is 4.79 Å². The van der Waals surface area contributed by atoms with Crippen molar-refractivity contribution in [3.8, 4) is 0 Å². The van der Waals surface area contributed by atoms with Gasteiger partial charge in [0.15, 0.2) is 0 Å². The maximum atomic E-state index is 12.1. The minimum absolute atomic E-state index is 0.158. The molecule has 2 rings (SSSR count). The number of hydrogen-bond acceptors (Lipinski definition) is 5. The van der Waals surface area contributed by atoms with Gasteiger partial charge in [-0.1, -0.05) is 6.07 Å². The highest BCUT2D eigenvalue weighted by molar-refractivity contribution is 7.10. The molecule has 3 N–H and O–H groups in total. The van der Waals surface area contributed by atoms with E-state index in [1.165, 1.54) is 4.88 Å². The Hall–Kier alpha value is -1.70. The number of imidazole rings is 1. The van der Waals surface area contributed by atoms with E-state index in [2.05, 4.69) is 21.3 Å². The molecule has 0 radical (unpaired) electrons. The van der Waals surface area contributed by atoms with Crippen molar-refractivity contribution in [3.05, 3.63) is 40.6 Å². The fourth-order valence-electron chi connectivity index (χ4n) is 2.05. The second-order valence-corrected chi connectivity index (χ2v) is 5.97. The summed E-state index contributed by atoms with van der Waals surface area (Å²) in [6.45, 7) is 1.74. The van der Waals surface area contributed by atoms with E-state index < -0.39 is 0 Å². The molecule has 7 heteroatoms. The Morgan fingerprint density at radius 2 is 2.38 bits per heavy atom. The molecule has 0 saturated carbocycles. The zero-order chi connectivity index (χ0) is 15.2. The number of carbonyl (C=O) groups excluding carboxylic acids is 1. The molecule has 0 spiro atoms.